The number of H-pyrrole nitrogens is 1. The highest BCUT2D eigenvalue weighted by Gasteiger charge is 2.19. The van der Waals surface area contributed by atoms with Crippen molar-refractivity contribution in [2.75, 3.05) is 19.6 Å². The second kappa shape index (κ2) is 10.3. The lowest BCUT2D eigenvalue weighted by Gasteiger charge is -2.30. The zero-order chi connectivity index (χ0) is 22.4. The first kappa shape index (κ1) is 22.7. The lowest BCUT2D eigenvalue weighted by atomic mass is 10.0. The number of carbonyl (C=O) groups is 1. The number of allylic oxidation sites excluding steroid dienone is 1. The molecule has 1 unspecified atom stereocenters. The minimum atomic E-state index is -0.198. The molecule has 2 N–H and O–H groups in total. The van der Waals surface area contributed by atoms with Gasteiger partial charge in [0.05, 0.1) is 16.9 Å². The number of benzene rings is 2. The van der Waals surface area contributed by atoms with Crippen molar-refractivity contribution < 1.29 is 4.79 Å². The van der Waals surface area contributed by atoms with E-state index in [1.54, 1.807) is 24.3 Å². The van der Waals surface area contributed by atoms with Crippen molar-refractivity contribution in [1.82, 2.24) is 19.8 Å². The molecule has 1 amide bonds. The third-order valence-corrected chi connectivity index (χ3v) is 5.77. The predicted molar refractivity (Wildman–Crippen MR) is 128 cm³/mol. The summed E-state index contributed by atoms with van der Waals surface area (Å²) in [5.41, 5.74) is 1.99. The number of rotatable bonds is 9. The van der Waals surface area contributed by atoms with Crippen molar-refractivity contribution in [1.29, 1.82) is 0 Å². The van der Waals surface area contributed by atoms with Crippen molar-refractivity contribution in [3.63, 3.8) is 0 Å². The van der Waals surface area contributed by atoms with Crippen LogP contribution in [0.3, 0.4) is 0 Å². The molecule has 3 rings (SSSR count). The van der Waals surface area contributed by atoms with Gasteiger partial charge in [0.25, 0.3) is 11.5 Å². The van der Waals surface area contributed by atoms with Gasteiger partial charge in [-0.15, -0.1) is 6.58 Å². The Bertz CT molecular complexity index is 1180. The molecule has 0 fully saturated rings. The molecule has 3 aromatic rings. The third-order valence-electron chi connectivity index (χ3n) is 5.45. The minimum absolute atomic E-state index is 0.0810. The third kappa shape index (κ3) is 5.00. The molecule has 0 saturated heterocycles. The summed E-state index contributed by atoms with van der Waals surface area (Å²) >= 11 is 5.29. The smallest absolute Gasteiger partial charge is 0.262 e. The second-order valence-electron chi connectivity index (χ2n) is 7.25. The molecule has 1 atom stereocenters. The highest BCUT2D eigenvalue weighted by molar-refractivity contribution is 7.71. The highest BCUT2D eigenvalue weighted by Crippen LogP contribution is 2.20. The van der Waals surface area contributed by atoms with Crippen molar-refractivity contribution >= 4 is 29.0 Å². The van der Waals surface area contributed by atoms with Gasteiger partial charge >= 0.3 is 0 Å². The van der Waals surface area contributed by atoms with Gasteiger partial charge in [-0.2, -0.15) is 0 Å². The van der Waals surface area contributed by atoms with E-state index in [0.717, 1.165) is 18.7 Å². The van der Waals surface area contributed by atoms with Gasteiger partial charge in [-0.3, -0.25) is 19.1 Å². The Balaban J connectivity index is 1.85. The van der Waals surface area contributed by atoms with E-state index in [0.29, 0.717) is 34.3 Å². The van der Waals surface area contributed by atoms with Crippen molar-refractivity contribution in [3.8, 4) is 0 Å². The van der Waals surface area contributed by atoms with Gasteiger partial charge in [0.2, 0.25) is 0 Å². The minimum Gasteiger partial charge on any atom is -0.350 e. The summed E-state index contributed by atoms with van der Waals surface area (Å²) in [5.74, 6) is -0.190. The van der Waals surface area contributed by atoms with Gasteiger partial charge in [0, 0.05) is 18.7 Å². The molecule has 0 aliphatic rings. The molecule has 162 valence electrons. The molecule has 1 aromatic heterocycles. The van der Waals surface area contributed by atoms with E-state index >= 15 is 0 Å². The van der Waals surface area contributed by atoms with Crippen LogP contribution in [0.2, 0.25) is 0 Å². The molecule has 0 saturated carbocycles. The van der Waals surface area contributed by atoms with Crippen molar-refractivity contribution in [2.24, 2.45) is 0 Å². The summed E-state index contributed by atoms with van der Waals surface area (Å²) in [4.78, 5) is 30.9. The van der Waals surface area contributed by atoms with Gasteiger partial charge in [-0.1, -0.05) is 50.3 Å². The van der Waals surface area contributed by atoms with E-state index in [1.807, 2.05) is 18.2 Å². The van der Waals surface area contributed by atoms with Gasteiger partial charge in [-0.25, -0.2) is 0 Å². The van der Waals surface area contributed by atoms with Gasteiger partial charge in [0.1, 0.15) is 0 Å². The lowest BCUT2D eigenvalue weighted by Crippen LogP contribution is -2.38. The number of amides is 1. The van der Waals surface area contributed by atoms with Gasteiger partial charge < -0.3 is 10.3 Å². The molecular formula is C24H28N4O2S. The van der Waals surface area contributed by atoms with Crippen molar-refractivity contribution in [3.05, 3.63) is 87.4 Å². The molecule has 0 spiro atoms. The lowest BCUT2D eigenvalue weighted by molar-refractivity contribution is 0.0935. The van der Waals surface area contributed by atoms with Crippen LogP contribution in [0, 0.1) is 4.77 Å². The Morgan fingerprint density at radius 3 is 2.58 bits per heavy atom. The zero-order valence-electron chi connectivity index (χ0n) is 17.9. The summed E-state index contributed by atoms with van der Waals surface area (Å²) < 4.78 is 1.75. The maximum atomic E-state index is 12.9. The van der Waals surface area contributed by atoms with Gasteiger partial charge in [-0.05, 0) is 49.1 Å². The second-order valence-corrected chi connectivity index (χ2v) is 7.64. The molecule has 0 aliphatic carbocycles. The highest BCUT2D eigenvalue weighted by atomic mass is 32.1. The average Bonchev–Trinajstić information content (AvgIpc) is 2.79. The summed E-state index contributed by atoms with van der Waals surface area (Å²) in [7, 11) is 0. The molecule has 7 heteroatoms. The van der Waals surface area contributed by atoms with E-state index < -0.39 is 0 Å². The summed E-state index contributed by atoms with van der Waals surface area (Å²) in [6.45, 7) is 10.5. The summed E-state index contributed by atoms with van der Waals surface area (Å²) in [5, 5.41) is 3.54. The fraction of sp³-hybridized carbons (Fsp3) is 0.292. The monoisotopic (exact) mass is 436 g/mol. The number of hydrogen-bond donors (Lipinski definition) is 2. The first-order chi connectivity index (χ1) is 15.0. The Labute approximate surface area is 187 Å². The number of hydrogen-bond acceptors (Lipinski definition) is 4. The fourth-order valence-electron chi connectivity index (χ4n) is 3.78. The Kier molecular flexibility index (Phi) is 7.55. The number of nitrogens with one attached hydrogen (secondary N) is 2. The SMILES string of the molecule is C=CCn1c(=S)[nH]c2cc(C(=O)NCC(c3ccccc3)N(CC)CC)ccc2c1=O. The maximum absolute atomic E-state index is 12.9. The normalized spacial score (nSPS) is 12.1. The molecule has 2 aromatic carbocycles. The number of carbonyl (C=O) groups excluding carboxylic acids is 1. The quantitative estimate of drug-likeness (QED) is 0.392. The first-order valence-electron chi connectivity index (χ1n) is 10.4. The van der Waals surface area contributed by atoms with Gasteiger partial charge in [0.15, 0.2) is 4.77 Å². The Morgan fingerprint density at radius 2 is 1.94 bits per heavy atom. The average molecular weight is 437 g/mol. The number of likely N-dealkylation sites (N-methyl/N-ethyl adjacent to an activating group) is 1. The summed E-state index contributed by atoms with van der Waals surface area (Å²) in [6.07, 6.45) is 1.62. The number of aromatic nitrogens is 2. The van der Waals surface area contributed by atoms with E-state index in [2.05, 4.69) is 47.8 Å². The zero-order valence-corrected chi connectivity index (χ0v) is 18.7. The van der Waals surface area contributed by atoms with Crippen LogP contribution in [-0.4, -0.2) is 40.0 Å². The summed E-state index contributed by atoms with van der Waals surface area (Å²) in [6, 6.07) is 15.3. The largest absolute Gasteiger partial charge is 0.350 e. The van der Waals surface area contributed by atoms with Crippen LogP contribution in [0.1, 0.15) is 35.8 Å². The van der Waals surface area contributed by atoms with Crippen LogP contribution in [-0.2, 0) is 6.54 Å². The van der Waals surface area contributed by atoms with Crippen LogP contribution in [0.4, 0.5) is 0 Å². The Hall–Kier alpha value is -3.03. The number of fused-ring (bicyclic) bond motifs is 1. The molecule has 1 heterocycles. The van der Waals surface area contributed by atoms with E-state index in [4.69, 9.17) is 12.2 Å². The van der Waals surface area contributed by atoms with Crippen LogP contribution in [0.15, 0.2) is 66.0 Å². The maximum Gasteiger partial charge on any atom is 0.262 e. The van der Waals surface area contributed by atoms with Crippen LogP contribution in [0.25, 0.3) is 10.9 Å². The van der Waals surface area contributed by atoms with E-state index in [1.165, 1.54) is 4.57 Å². The predicted octanol–water partition coefficient (Wildman–Crippen LogP) is 4.06. The van der Waals surface area contributed by atoms with E-state index in [9.17, 15) is 9.59 Å². The van der Waals surface area contributed by atoms with Crippen LogP contribution < -0.4 is 10.9 Å². The number of nitrogens with zero attached hydrogens (tertiary/aromatic N) is 2. The molecule has 0 aliphatic heterocycles. The topological polar surface area (TPSA) is 70.1 Å². The fourth-order valence-corrected chi connectivity index (χ4v) is 4.05. The molecular weight excluding hydrogens is 408 g/mol. The first-order valence-corrected chi connectivity index (χ1v) is 10.9. The Morgan fingerprint density at radius 1 is 1.23 bits per heavy atom. The molecule has 31 heavy (non-hydrogen) atoms. The van der Waals surface area contributed by atoms with E-state index in [-0.39, 0.29) is 17.5 Å². The van der Waals surface area contributed by atoms with Crippen LogP contribution in [0.5, 0.6) is 0 Å². The molecule has 6 nitrogen and oxygen atoms in total. The van der Waals surface area contributed by atoms with Crippen molar-refractivity contribution in [2.45, 2.75) is 26.4 Å². The molecule has 0 radical (unpaired) electrons. The van der Waals surface area contributed by atoms with Crippen LogP contribution >= 0.6 is 12.2 Å². The standard InChI is InChI=1S/C24H28N4O2S/c1-4-14-28-23(30)19-13-12-18(15-20(19)26-24(28)31)22(29)25-16-21(27(5-2)6-3)17-10-8-7-9-11-17/h4,7-13,15,21H,1,5-6,14,16H2,2-3H3,(H,25,29)(H,26,31). The number of aromatic amines is 1. The molecule has 0 bridgehead atoms.